The third kappa shape index (κ3) is 3.56. The molecule has 2 nitrogen and oxygen atoms in total. The van der Waals surface area contributed by atoms with Gasteiger partial charge in [-0.2, -0.15) is 11.3 Å². The Bertz CT molecular complexity index is 339. The van der Waals surface area contributed by atoms with Crippen molar-refractivity contribution in [1.29, 1.82) is 0 Å². The number of nitrogens with zero attached hydrogens (tertiary/aromatic N) is 1. The highest BCUT2D eigenvalue weighted by Crippen LogP contribution is 2.29. The lowest BCUT2D eigenvalue weighted by atomic mass is 10.0. The number of nitrogens with one attached hydrogen (secondary N) is 1. The monoisotopic (exact) mass is 264 g/mol. The van der Waals surface area contributed by atoms with E-state index in [1.54, 1.807) is 0 Å². The predicted octanol–water partition coefficient (Wildman–Crippen LogP) is 3.24. The lowest BCUT2D eigenvalue weighted by Crippen LogP contribution is -2.37. The van der Waals surface area contributed by atoms with E-state index in [1.807, 2.05) is 11.3 Å². The topological polar surface area (TPSA) is 15.3 Å². The Morgan fingerprint density at radius 1 is 1.28 bits per heavy atom. The van der Waals surface area contributed by atoms with E-state index in [1.165, 1.54) is 63.7 Å². The van der Waals surface area contributed by atoms with E-state index in [9.17, 15) is 0 Å². The molecule has 1 atom stereocenters. The molecular formula is C15H24N2S. The summed E-state index contributed by atoms with van der Waals surface area (Å²) >= 11 is 1.82. The molecule has 0 bridgehead atoms. The molecule has 1 N–H and O–H groups in total. The van der Waals surface area contributed by atoms with Gasteiger partial charge < -0.3 is 5.32 Å². The maximum absolute atomic E-state index is 3.67. The largest absolute Gasteiger partial charge is 0.314 e. The van der Waals surface area contributed by atoms with Gasteiger partial charge in [-0.15, -0.1) is 0 Å². The second-order valence-corrected chi connectivity index (χ2v) is 6.55. The van der Waals surface area contributed by atoms with E-state index in [0.717, 1.165) is 12.1 Å². The molecule has 3 heteroatoms. The molecule has 18 heavy (non-hydrogen) atoms. The molecule has 0 radical (unpaired) electrons. The Labute approximate surface area is 114 Å². The highest BCUT2D eigenvalue weighted by atomic mass is 32.1. The van der Waals surface area contributed by atoms with Crippen molar-refractivity contribution in [2.75, 3.05) is 13.1 Å². The molecule has 3 rings (SSSR count). The van der Waals surface area contributed by atoms with Crippen molar-refractivity contribution in [1.82, 2.24) is 10.2 Å². The fraction of sp³-hybridized carbons (Fsp3) is 0.733. The van der Waals surface area contributed by atoms with Crippen molar-refractivity contribution in [3.05, 3.63) is 22.4 Å². The second kappa shape index (κ2) is 6.18. The second-order valence-electron chi connectivity index (χ2n) is 5.77. The first-order valence-corrected chi connectivity index (χ1v) is 8.34. The molecule has 2 fully saturated rings. The lowest BCUT2D eigenvalue weighted by molar-refractivity contribution is 0.230. The van der Waals surface area contributed by atoms with Crippen LogP contribution in [0.15, 0.2) is 16.8 Å². The minimum absolute atomic E-state index is 0.780. The van der Waals surface area contributed by atoms with Gasteiger partial charge in [0, 0.05) is 25.2 Å². The predicted molar refractivity (Wildman–Crippen MR) is 78.0 cm³/mol. The Morgan fingerprint density at radius 2 is 2.22 bits per heavy atom. The molecule has 2 aliphatic rings. The van der Waals surface area contributed by atoms with Crippen molar-refractivity contribution in [3.8, 4) is 0 Å². The van der Waals surface area contributed by atoms with Gasteiger partial charge >= 0.3 is 0 Å². The Hall–Kier alpha value is -0.380. The van der Waals surface area contributed by atoms with E-state index < -0.39 is 0 Å². The maximum Gasteiger partial charge on any atom is 0.0244 e. The first-order chi connectivity index (χ1) is 8.92. The van der Waals surface area contributed by atoms with Gasteiger partial charge in [0.1, 0.15) is 0 Å². The number of thiophene rings is 1. The summed E-state index contributed by atoms with van der Waals surface area (Å²) < 4.78 is 0. The maximum atomic E-state index is 3.67. The summed E-state index contributed by atoms with van der Waals surface area (Å²) in [4.78, 5) is 2.71. The van der Waals surface area contributed by atoms with Crippen LogP contribution in [0.5, 0.6) is 0 Å². The molecular weight excluding hydrogens is 240 g/mol. The van der Waals surface area contributed by atoms with E-state index in [4.69, 9.17) is 0 Å². The molecule has 0 aromatic carbocycles. The summed E-state index contributed by atoms with van der Waals surface area (Å²) in [5, 5.41) is 8.17. The van der Waals surface area contributed by atoms with E-state index in [2.05, 4.69) is 27.0 Å². The molecule has 1 aliphatic carbocycles. The Morgan fingerprint density at radius 3 is 2.89 bits per heavy atom. The third-order valence-corrected chi connectivity index (χ3v) is 4.94. The molecule has 0 spiro atoms. The minimum atomic E-state index is 0.780. The number of piperidine rings is 1. The molecule has 1 saturated carbocycles. The zero-order valence-electron chi connectivity index (χ0n) is 11.1. The quantitative estimate of drug-likeness (QED) is 0.848. The van der Waals surface area contributed by atoms with Crippen LogP contribution in [0.1, 0.15) is 44.1 Å². The van der Waals surface area contributed by atoms with Gasteiger partial charge in [0.05, 0.1) is 0 Å². The van der Waals surface area contributed by atoms with Crippen LogP contribution in [-0.4, -0.2) is 30.1 Å². The molecule has 1 aromatic rings. The van der Waals surface area contributed by atoms with Crippen LogP contribution in [0, 0.1) is 0 Å². The highest BCUT2D eigenvalue weighted by Gasteiger charge is 2.29. The van der Waals surface area contributed by atoms with Crippen LogP contribution in [0.25, 0.3) is 0 Å². The number of rotatable bonds is 6. The van der Waals surface area contributed by atoms with Crippen LogP contribution in [-0.2, 0) is 6.54 Å². The molecule has 0 amide bonds. The zero-order chi connectivity index (χ0) is 12.2. The normalized spacial score (nSPS) is 24.6. The standard InChI is InChI=1S/C15H24N2S/c1-2-8-16-14(3-1)6-9-17(15-4-5-15)11-13-7-10-18-12-13/h7,10,12,14-16H,1-6,8-9,11H2. The van der Waals surface area contributed by atoms with Crippen molar-refractivity contribution < 1.29 is 0 Å². The number of hydrogen-bond acceptors (Lipinski definition) is 3. The summed E-state index contributed by atoms with van der Waals surface area (Å²) in [6.45, 7) is 3.68. The van der Waals surface area contributed by atoms with Crippen LogP contribution in [0.4, 0.5) is 0 Å². The molecule has 2 heterocycles. The molecule has 1 unspecified atom stereocenters. The minimum Gasteiger partial charge on any atom is -0.314 e. The van der Waals surface area contributed by atoms with Gasteiger partial charge in [0.25, 0.3) is 0 Å². The van der Waals surface area contributed by atoms with Crippen molar-refractivity contribution >= 4 is 11.3 Å². The van der Waals surface area contributed by atoms with Gasteiger partial charge in [-0.25, -0.2) is 0 Å². The summed E-state index contributed by atoms with van der Waals surface area (Å²) in [5.74, 6) is 0. The number of hydrogen-bond donors (Lipinski definition) is 1. The first-order valence-electron chi connectivity index (χ1n) is 7.40. The fourth-order valence-electron chi connectivity index (χ4n) is 2.94. The van der Waals surface area contributed by atoms with Crippen LogP contribution >= 0.6 is 11.3 Å². The zero-order valence-corrected chi connectivity index (χ0v) is 11.9. The van der Waals surface area contributed by atoms with E-state index in [0.29, 0.717) is 0 Å². The van der Waals surface area contributed by atoms with Gasteiger partial charge in [0.15, 0.2) is 0 Å². The molecule has 1 saturated heterocycles. The van der Waals surface area contributed by atoms with Gasteiger partial charge in [-0.05, 0) is 61.0 Å². The summed E-state index contributed by atoms with van der Waals surface area (Å²) in [5.41, 5.74) is 1.50. The SMILES string of the molecule is c1cc(CN(CCC2CCCCN2)C2CC2)cs1. The van der Waals surface area contributed by atoms with Gasteiger partial charge in [-0.3, -0.25) is 4.90 Å². The Kier molecular flexibility index (Phi) is 4.34. The van der Waals surface area contributed by atoms with Crippen molar-refractivity contribution in [2.45, 2.75) is 57.2 Å². The van der Waals surface area contributed by atoms with Gasteiger partial charge in [-0.1, -0.05) is 6.42 Å². The van der Waals surface area contributed by atoms with E-state index >= 15 is 0 Å². The highest BCUT2D eigenvalue weighted by molar-refractivity contribution is 7.07. The average molecular weight is 264 g/mol. The van der Waals surface area contributed by atoms with E-state index in [-0.39, 0.29) is 0 Å². The average Bonchev–Trinajstić information content (AvgIpc) is 3.13. The fourth-order valence-corrected chi connectivity index (χ4v) is 3.60. The van der Waals surface area contributed by atoms with Crippen molar-refractivity contribution in [2.24, 2.45) is 0 Å². The van der Waals surface area contributed by atoms with Gasteiger partial charge in [0.2, 0.25) is 0 Å². The lowest BCUT2D eigenvalue weighted by Gasteiger charge is -2.27. The third-order valence-electron chi connectivity index (χ3n) is 4.21. The summed E-state index contributed by atoms with van der Waals surface area (Å²) in [7, 11) is 0. The molecule has 100 valence electrons. The Balaban J connectivity index is 1.47. The molecule has 1 aromatic heterocycles. The van der Waals surface area contributed by atoms with Crippen LogP contribution in [0.2, 0.25) is 0 Å². The smallest absolute Gasteiger partial charge is 0.0244 e. The molecule has 1 aliphatic heterocycles. The van der Waals surface area contributed by atoms with Crippen LogP contribution in [0.3, 0.4) is 0 Å². The van der Waals surface area contributed by atoms with Crippen molar-refractivity contribution in [3.63, 3.8) is 0 Å². The van der Waals surface area contributed by atoms with Crippen LogP contribution < -0.4 is 5.32 Å². The summed E-state index contributed by atoms with van der Waals surface area (Å²) in [6, 6.07) is 3.94. The first kappa shape index (κ1) is 12.6. The summed E-state index contributed by atoms with van der Waals surface area (Å²) in [6.07, 6.45) is 8.35.